The highest BCUT2D eigenvalue weighted by atomic mass is 35.5. The summed E-state index contributed by atoms with van der Waals surface area (Å²) in [4.78, 5) is 4.25. The van der Waals surface area contributed by atoms with Crippen molar-refractivity contribution in [2.75, 3.05) is 0 Å². The van der Waals surface area contributed by atoms with Crippen LogP contribution in [-0.2, 0) is 0 Å². The molecule has 0 saturated heterocycles. The zero-order valence-corrected chi connectivity index (χ0v) is 8.85. The number of rotatable bonds is 1. The Labute approximate surface area is 95.9 Å². The molecule has 0 saturated carbocycles. The molecule has 3 aromatic rings. The van der Waals surface area contributed by atoms with Crippen LogP contribution in [0.2, 0.25) is 5.35 Å². The van der Waals surface area contributed by atoms with Gasteiger partial charge in [-0.25, -0.2) is 0 Å². The molecule has 0 atom stereocenters. The molecule has 0 unspecified atom stereocenters. The number of benzene rings is 1. The first-order valence-corrected chi connectivity index (χ1v) is 5.05. The van der Waals surface area contributed by atoms with Gasteiger partial charge in [0.25, 0.3) is 0 Å². The zero-order valence-electron chi connectivity index (χ0n) is 8.09. The molecule has 0 amide bonds. The van der Waals surface area contributed by atoms with Crippen LogP contribution in [-0.4, -0.2) is 15.2 Å². The summed E-state index contributed by atoms with van der Waals surface area (Å²) in [5.74, 6) is 0.406. The summed E-state index contributed by atoms with van der Waals surface area (Å²) in [6.07, 6.45) is 1.74. The third-order valence-electron chi connectivity index (χ3n) is 2.28. The van der Waals surface area contributed by atoms with E-state index in [9.17, 15) is 0 Å². The number of aromatic nitrogens is 3. The lowest BCUT2D eigenvalue weighted by Crippen LogP contribution is -1.83. The lowest BCUT2D eigenvalue weighted by Gasteiger charge is -2.00. The van der Waals surface area contributed by atoms with Gasteiger partial charge in [-0.1, -0.05) is 17.2 Å². The lowest BCUT2D eigenvalue weighted by atomic mass is 10.1. The highest BCUT2D eigenvalue weighted by molar-refractivity contribution is 6.27. The predicted molar refractivity (Wildman–Crippen MR) is 60.0 cm³/mol. The van der Waals surface area contributed by atoms with Crippen molar-refractivity contribution in [3.05, 3.63) is 41.9 Å². The Morgan fingerprint density at radius 3 is 2.81 bits per heavy atom. The van der Waals surface area contributed by atoms with Crippen LogP contribution in [0.4, 0.5) is 0 Å². The molecule has 0 N–H and O–H groups in total. The fourth-order valence-corrected chi connectivity index (χ4v) is 1.71. The average molecular weight is 232 g/mol. The van der Waals surface area contributed by atoms with Crippen LogP contribution in [0.25, 0.3) is 22.4 Å². The van der Waals surface area contributed by atoms with Crippen LogP contribution in [0, 0.1) is 0 Å². The van der Waals surface area contributed by atoms with Crippen molar-refractivity contribution in [3.63, 3.8) is 0 Å². The Hall–Kier alpha value is -1.94. The van der Waals surface area contributed by atoms with E-state index in [-0.39, 0.29) is 5.35 Å². The third kappa shape index (κ3) is 1.44. The van der Waals surface area contributed by atoms with E-state index in [0.29, 0.717) is 5.89 Å². The number of nitrogens with zero attached hydrogens (tertiary/aromatic N) is 3. The summed E-state index contributed by atoms with van der Waals surface area (Å²) >= 11 is 5.61. The molecular weight excluding hydrogens is 226 g/mol. The molecule has 0 aliphatic heterocycles. The summed E-state index contributed by atoms with van der Waals surface area (Å²) in [5.41, 5.74) is 1.72. The van der Waals surface area contributed by atoms with Crippen molar-refractivity contribution >= 4 is 22.5 Å². The molecule has 3 rings (SSSR count). The molecule has 4 nitrogen and oxygen atoms in total. The molecule has 0 aliphatic rings. The summed E-state index contributed by atoms with van der Waals surface area (Å²) in [6.45, 7) is 0. The van der Waals surface area contributed by atoms with E-state index in [2.05, 4.69) is 15.2 Å². The molecule has 0 radical (unpaired) electrons. The highest BCUT2D eigenvalue weighted by Gasteiger charge is 2.10. The quantitative estimate of drug-likeness (QED) is 0.646. The Morgan fingerprint density at radius 1 is 1.06 bits per heavy atom. The van der Waals surface area contributed by atoms with E-state index in [1.54, 1.807) is 6.20 Å². The molecule has 2 heterocycles. The van der Waals surface area contributed by atoms with Gasteiger partial charge in [0.2, 0.25) is 5.89 Å². The Bertz CT molecular complexity index is 645. The average Bonchev–Trinajstić information content (AvgIpc) is 2.75. The molecule has 2 aromatic heterocycles. The largest absolute Gasteiger partial charge is 0.407 e. The minimum Gasteiger partial charge on any atom is -0.407 e. The minimum absolute atomic E-state index is 0.0379. The molecule has 0 aliphatic carbocycles. The van der Waals surface area contributed by atoms with Gasteiger partial charge in [-0.05, 0) is 29.8 Å². The van der Waals surface area contributed by atoms with Gasteiger partial charge in [0.05, 0.1) is 5.52 Å². The van der Waals surface area contributed by atoms with E-state index < -0.39 is 0 Å². The van der Waals surface area contributed by atoms with Crippen LogP contribution in [0.1, 0.15) is 0 Å². The third-order valence-corrected chi connectivity index (χ3v) is 2.43. The maximum Gasteiger partial charge on any atom is 0.313 e. The van der Waals surface area contributed by atoms with Gasteiger partial charge in [0.15, 0.2) is 0 Å². The molecule has 1 aromatic carbocycles. The van der Waals surface area contributed by atoms with Gasteiger partial charge in [0.1, 0.15) is 0 Å². The van der Waals surface area contributed by atoms with Crippen LogP contribution in [0.3, 0.4) is 0 Å². The van der Waals surface area contributed by atoms with Crippen molar-refractivity contribution in [1.29, 1.82) is 0 Å². The molecular formula is C11H6ClN3O. The fourth-order valence-electron chi connectivity index (χ4n) is 1.60. The lowest BCUT2D eigenvalue weighted by molar-refractivity contribution is 0.571. The first-order valence-electron chi connectivity index (χ1n) is 4.68. The normalized spacial score (nSPS) is 10.8. The van der Waals surface area contributed by atoms with Crippen molar-refractivity contribution < 1.29 is 4.42 Å². The molecule has 5 heteroatoms. The summed E-state index contributed by atoms with van der Waals surface area (Å²) in [7, 11) is 0. The highest BCUT2D eigenvalue weighted by Crippen LogP contribution is 2.27. The number of hydrogen-bond acceptors (Lipinski definition) is 4. The van der Waals surface area contributed by atoms with E-state index in [0.717, 1.165) is 16.5 Å². The molecule has 0 fully saturated rings. The van der Waals surface area contributed by atoms with Gasteiger partial charge in [-0.3, -0.25) is 4.98 Å². The molecule has 0 spiro atoms. The van der Waals surface area contributed by atoms with Crippen molar-refractivity contribution in [3.8, 4) is 11.5 Å². The van der Waals surface area contributed by atoms with E-state index >= 15 is 0 Å². The second kappa shape index (κ2) is 3.57. The first-order chi connectivity index (χ1) is 7.84. The molecule has 16 heavy (non-hydrogen) atoms. The maximum atomic E-state index is 5.61. The first kappa shape index (κ1) is 9.30. The van der Waals surface area contributed by atoms with Crippen LogP contribution < -0.4 is 0 Å². The number of hydrogen-bond donors (Lipinski definition) is 0. The van der Waals surface area contributed by atoms with Gasteiger partial charge < -0.3 is 4.42 Å². The van der Waals surface area contributed by atoms with Gasteiger partial charge in [-0.15, -0.1) is 5.10 Å². The number of pyridine rings is 1. The van der Waals surface area contributed by atoms with Crippen LogP contribution in [0.15, 0.2) is 40.9 Å². The smallest absolute Gasteiger partial charge is 0.313 e. The van der Waals surface area contributed by atoms with E-state index in [4.69, 9.17) is 16.0 Å². The Balaban J connectivity index is 2.31. The monoisotopic (exact) mass is 231 g/mol. The summed E-state index contributed by atoms with van der Waals surface area (Å²) < 4.78 is 5.19. The van der Waals surface area contributed by atoms with Crippen LogP contribution >= 0.6 is 11.6 Å². The van der Waals surface area contributed by atoms with Gasteiger partial charge in [0, 0.05) is 17.1 Å². The van der Waals surface area contributed by atoms with Crippen molar-refractivity contribution in [1.82, 2.24) is 15.2 Å². The standard InChI is InChI=1S/C11H6ClN3O/c12-11-15-14-10(16-11)8-3-1-5-9-7(8)4-2-6-13-9/h1-6H. The second-order valence-corrected chi connectivity index (χ2v) is 3.56. The maximum absolute atomic E-state index is 5.61. The van der Waals surface area contributed by atoms with Gasteiger partial charge >= 0.3 is 5.35 Å². The second-order valence-electron chi connectivity index (χ2n) is 3.24. The van der Waals surface area contributed by atoms with Crippen molar-refractivity contribution in [2.45, 2.75) is 0 Å². The van der Waals surface area contributed by atoms with E-state index in [1.165, 1.54) is 0 Å². The van der Waals surface area contributed by atoms with Crippen LogP contribution in [0.5, 0.6) is 0 Å². The number of fused-ring (bicyclic) bond motifs is 1. The summed E-state index contributed by atoms with van der Waals surface area (Å²) in [5, 5.41) is 8.49. The topological polar surface area (TPSA) is 51.8 Å². The molecule has 0 bridgehead atoms. The zero-order chi connectivity index (χ0) is 11.0. The molecule has 78 valence electrons. The van der Waals surface area contributed by atoms with E-state index in [1.807, 2.05) is 30.3 Å². The SMILES string of the molecule is Clc1nnc(-c2cccc3ncccc23)o1. The summed E-state index contributed by atoms with van der Waals surface area (Å²) in [6, 6.07) is 9.53. The Kier molecular flexibility index (Phi) is 2.08. The predicted octanol–water partition coefficient (Wildman–Crippen LogP) is 2.94. The minimum atomic E-state index is 0.0379. The fraction of sp³-hybridized carbons (Fsp3) is 0. The Morgan fingerprint density at radius 2 is 2.00 bits per heavy atom. The van der Waals surface area contributed by atoms with Gasteiger partial charge in [-0.2, -0.15) is 0 Å². The van der Waals surface area contributed by atoms with Crippen molar-refractivity contribution in [2.24, 2.45) is 0 Å². The number of halogens is 1.